The summed E-state index contributed by atoms with van der Waals surface area (Å²) in [6.45, 7) is 4.07. The molecular weight excluding hydrogens is 216 g/mol. The van der Waals surface area contributed by atoms with Gasteiger partial charge in [-0.2, -0.15) is 0 Å². The molecule has 0 amide bonds. The Kier molecular flexibility index (Phi) is 10.9. The molecule has 0 bridgehead atoms. The largest absolute Gasteiger partial charge is 0.231 e. The van der Waals surface area contributed by atoms with Crippen molar-refractivity contribution in [3.63, 3.8) is 0 Å². The van der Waals surface area contributed by atoms with Crippen molar-refractivity contribution < 1.29 is 9.59 Å². The molecule has 0 fully saturated rings. The zero-order valence-corrected chi connectivity index (χ0v) is 9.18. The molecule has 0 aliphatic rings. The number of hydrogen-bond donors (Lipinski definition) is 2. The van der Waals surface area contributed by atoms with Crippen LogP contribution in [-0.4, -0.2) is 12.2 Å². The minimum absolute atomic E-state index is 0.750. The first-order chi connectivity index (χ1) is 7.03. The summed E-state index contributed by atoms with van der Waals surface area (Å²) >= 11 is 5.78. The van der Waals surface area contributed by atoms with Crippen LogP contribution in [0.1, 0.15) is 11.1 Å². The molecular formula is C10H11ClN2O2. The first kappa shape index (κ1) is 15.7. The molecule has 4 nitrogen and oxygen atoms in total. The molecule has 0 saturated heterocycles. The standard InChI is InChI=1S/C8H9Cl.2CHNO/c1-6-3-4-8(9)7(2)5-6;2*2-1-3/h3-5H,1-2H3;2*2H. The third-order valence-electron chi connectivity index (χ3n) is 1.31. The molecule has 0 atom stereocenters. The molecule has 0 aliphatic heterocycles. The van der Waals surface area contributed by atoms with Gasteiger partial charge in [-0.25, -0.2) is 20.4 Å². The minimum atomic E-state index is 0.750. The smallest absolute Gasteiger partial charge is 0.222 e. The van der Waals surface area contributed by atoms with Gasteiger partial charge in [-0.05, 0) is 25.5 Å². The summed E-state index contributed by atoms with van der Waals surface area (Å²) in [7, 11) is 0. The van der Waals surface area contributed by atoms with Gasteiger partial charge in [-0.1, -0.05) is 29.3 Å². The maximum absolute atomic E-state index is 8.35. The maximum Gasteiger partial charge on any atom is 0.231 e. The molecule has 1 aromatic carbocycles. The van der Waals surface area contributed by atoms with E-state index < -0.39 is 0 Å². The minimum Gasteiger partial charge on any atom is -0.222 e. The maximum atomic E-state index is 8.35. The van der Waals surface area contributed by atoms with Crippen LogP contribution in [0.5, 0.6) is 0 Å². The average Bonchev–Trinajstić information content (AvgIpc) is 2.14. The normalized spacial score (nSPS) is 6.87. The lowest BCUT2D eigenvalue weighted by Gasteiger charge is -1.96. The summed E-state index contributed by atoms with van der Waals surface area (Å²) in [5.41, 5.74) is 2.41. The lowest BCUT2D eigenvalue weighted by atomic mass is 10.2. The molecule has 80 valence electrons. The number of benzene rings is 1. The molecule has 2 N–H and O–H groups in total. The summed E-state index contributed by atoms with van der Waals surface area (Å²) < 4.78 is 0. The Morgan fingerprint density at radius 1 is 1.13 bits per heavy atom. The number of rotatable bonds is 0. The summed E-state index contributed by atoms with van der Waals surface area (Å²) in [6, 6.07) is 6.00. The van der Waals surface area contributed by atoms with E-state index in [4.69, 9.17) is 32.0 Å². The fraction of sp³-hybridized carbons (Fsp3) is 0.200. The van der Waals surface area contributed by atoms with Crippen molar-refractivity contribution in [2.24, 2.45) is 0 Å². The zero-order valence-electron chi connectivity index (χ0n) is 8.43. The SMILES string of the molecule is Cc1ccc(Cl)c(C)c1.N=C=O.N=C=O. The van der Waals surface area contributed by atoms with E-state index in [1.165, 1.54) is 5.56 Å². The third kappa shape index (κ3) is 10.2. The highest BCUT2D eigenvalue weighted by molar-refractivity contribution is 6.31. The highest BCUT2D eigenvalue weighted by atomic mass is 35.5. The number of hydrogen-bond acceptors (Lipinski definition) is 4. The van der Waals surface area contributed by atoms with E-state index in [0.717, 1.165) is 22.7 Å². The van der Waals surface area contributed by atoms with Crippen LogP contribution in [0.25, 0.3) is 0 Å². The van der Waals surface area contributed by atoms with Crippen molar-refractivity contribution in [2.75, 3.05) is 0 Å². The summed E-state index contributed by atoms with van der Waals surface area (Å²) in [4.78, 5) is 16.7. The summed E-state index contributed by atoms with van der Waals surface area (Å²) in [6.07, 6.45) is 1.50. The Labute approximate surface area is 92.9 Å². The van der Waals surface area contributed by atoms with Crippen LogP contribution in [0.3, 0.4) is 0 Å². The molecule has 0 heterocycles. The Hall–Kier alpha value is -1.73. The molecule has 5 heteroatoms. The van der Waals surface area contributed by atoms with Gasteiger partial charge in [0.15, 0.2) is 0 Å². The van der Waals surface area contributed by atoms with E-state index >= 15 is 0 Å². The van der Waals surface area contributed by atoms with E-state index in [1.807, 2.05) is 19.1 Å². The van der Waals surface area contributed by atoms with Gasteiger partial charge >= 0.3 is 0 Å². The Morgan fingerprint density at radius 3 is 1.80 bits per heavy atom. The molecule has 0 unspecified atom stereocenters. The number of carbonyl (C=O) groups excluding carboxylic acids is 2. The van der Waals surface area contributed by atoms with E-state index in [1.54, 1.807) is 0 Å². The van der Waals surface area contributed by atoms with Crippen molar-refractivity contribution in [3.8, 4) is 0 Å². The second-order valence-electron chi connectivity index (χ2n) is 2.46. The number of halogens is 1. The molecule has 15 heavy (non-hydrogen) atoms. The van der Waals surface area contributed by atoms with Gasteiger partial charge in [0.2, 0.25) is 12.2 Å². The fourth-order valence-electron chi connectivity index (χ4n) is 0.795. The van der Waals surface area contributed by atoms with Crippen LogP contribution in [0.2, 0.25) is 5.02 Å². The Morgan fingerprint density at radius 2 is 1.53 bits per heavy atom. The van der Waals surface area contributed by atoms with Crippen LogP contribution < -0.4 is 0 Å². The second kappa shape index (κ2) is 10.4. The predicted molar refractivity (Wildman–Crippen MR) is 57.8 cm³/mol. The van der Waals surface area contributed by atoms with E-state index in [2.05, 4.69) is 13.0 Å². The van der Waals surface area contributed by atoms with Crippen LogP contribution in [0.4, 0.5) is 0 Å². The molecule has 1 rings (SSSR count). The van der Waals surface area contributed by atoms with Gasteiger partial charge < -0.3 is 0 Å². The monoisotopic (exact) mass is 226 g/mol. The first-order valence-electron chi connectivity index (χ1n) is 3.84. The van der Waals surface area contributed by atoms with Gasteiger partial charge in [-0.3, -0.25) is 0 Å². The highest BCUT2D eigenvalue weighted by Crippen LogP contribution is 2.14. The van der Waals surface area contributed by atoms with Crippen molar-refractivity contribution >= 4 is 23.8 Å². The van der Waals surface area contributed by atoms with E-state index in [0.29, 0.717) is 0 Å². The molecule has 0 aliphatic carbocycles. The lowest BCUT2D eigenvalue weighted by Crippen LogP contribution is -1.75. The van der Waals surface area contributed by atoms with Gasteiger partial charge in [-0.15, -0.1) is 0 Å². The molecule has 1 aromatic rings. The summed E-state index contributed by atoms with van der Waals surface area (Å²) in [5.74, 6) is 0. The summed E-state index contributed by atoms with van der Waals surface area (Å²) in [5, 5.41) is 11.7. The first-order valence-corrected chi connectivity index (χ1v) is 4.21. The number of isocyanates is 2. The molecule has 0 spiro atoms. The van der Waals surface area contributed by atoms with Gasteiger partial charge in [0, 0.05) is 5.02 Å². The molecule has 0 saturated carbocycles. The van der Waals surface area contributed by atoms with Crippen LogP contribution in [0, 0.1) is 24.7 Å². The number of nitrogens with one attached hydrogen (secondary N) is 2. The van der Waals surface area contributed by atoms with Crippen molar-refractivity contribution in [1.29, 1.82) is 10.8 Å². The Bertz CT molecular complexity index is 354. The van der Waals surface area contributed by atoms with Crippen molar-refractivity contribution in [2.45, 2.75) is 13.8 Å². The average molecular weight is 227 g/mol. The van der Waals surface area contributed by atoms with E-state index in [9.17, 15) is 0 Å². The quantitative estimate of drug-likeness (QED) is 0.527. The number of aryl methyl sites for hydroxylation is 2. The third-order valence-corrected chi connectivity index (χ3v) is 1.74. The van der Waals surface area contributed by atoms with Gasteiger partial charge in [0.05, 0.1) is 0 Å². The van der Waals surface area contributed by atoms with Crippen molar-refractivity contribution in [1.82, 2.24) is 0 Å². The van der Waals surface area contributed by atoms with Crippen LogP contribution in [-0.2, 0) is 9.59 Å². The zero-order chi connectivity index (χ0) is 12.3. The van der Waals surface area contributed by atoms with Crippen LogP contribution in [0.15, 0.2) is 18.2 Å². The van der Waals surface area contributed by atoms with Crippen LogP contribution >= 0.6 is 11.6 Å². The molecule has 0 radical (unpaired) electrons. The molecule has 0 aromatic heterocycles. The second-order valence-corrected chi connectivity index (χ2v) is 2.86. The fourth-order valence-corrected chi connectivity index (χ4v) is 0.912. The Balaban J connectivity index is 0. The van der Waals surface area contributed by atoms with E-state index in [-0.39, 0.29) is 0 Å². The lowest BCUT2D eigenvalue weighted by molar-refractivity contribution is 0.562. The highest BCUT2D eigenvalue weighted by Gasteiger charge is 1.91. The van der Waals surface area contributed by atoms with Crippen molar-refractivity contribution in [3.05, 3.63) is 34.3 Å². The topological polar surface area (TPSA) is 81.8 Å². The van der Waals surface area contributed by atoms with Gasteiger partial charge in [0.1, 0.15) is 0 Å². The van der Waals surface area contributed by atoms with Gasteiger partial charge in [0.25, 0.3) is 0 Å². The predicted octanol–water partition coefficient (Wildman–Crippen LogP) is 2.76.